The molecule has 1 rings (SSSR count). The smallest absolute Gasteiger partial charge is 0.420 e. The van der Waals surface area contributed by atoms with Crippen molar-refractivity contribution in [3.63, 3.8) is 0 Å². The molecule has 1 aromatic rings. The number of nitrogens with zero attached hydrogens (tertiary/aromatic N) is 2. The summed E-state index contributed by atoms with van der Waals surface area (Å²) in [6.07, 6.45) is -1.32. The molecule has 0 fully saturated rings. The number of ether oxygens (including phenoxy) is 1. The topological polar surface area (TPSA) is 82.9 Å². The molecule has 0 spiro atoms. The van der Waals surface area contributed by atoms with E-state index >= 15 is 0 Å². The van der Waals surface area contributed by atoms with Gasteiger partial charge >= 0.3 is 11.7 Å². The predicted octanol–water partition coefficient (Wildman–Crippen LogP) is 1.72. The quantitative estimate of drug-likeness (QED) is 0.397. The minimum absolute atomic E-state index is 0.142. The van der Waals surface area contributed by atoms with E-state index < -0.39 is 17.8 Å². The number of hydrogen-bond donors (Lipinski definition) is 1. The Morgan fingerprint density at radius 2 is 2.35 bits per heavy atom. The van der Waals surface area contributed by atoms with Crippen molar-refractivity contribution in [2.75, 3.05) is 6.61 Å². The standard InChI is InChI=1S/C11H11BrN2O3/c1-2-17-11(16)9(14-13)10(15)7-4-3-5-8(12)6-7/h3-6,10,15H,2H2,1H3/t10-/m1/s1. The fraction of sp³-hybridized carbons (Fsp3) is 0.273. The van der Waals surface area contributed by atoms with Crippen LogP contribution in [0.25, 0.3) is 5.53 Å². The number of aliphatic hydroxyl groups excluding tert-OH is 1. The summed E-state index contributed by atoms with van der Waals surface area (Å²) in [6, 6.07) is 6.70. The zero-order chi connectivity index (χ0) is 12.8. The molecule has 0 saturated heterocycles. The second-order valence-electron chi connectivity index (χ2n) is 3.16. The minimum Gasteiger partial charge on any atom is -0.457 e. The molecule has 5 nitrogen and oxygen atoms in total. The fourth-order valence-electron chi connectivity index (χ4n) is 1.25. The molecule has 1 atom stereocenters. The van der Waals surface area contributed by atoms with Gasteiger partial charge in [-0.1, -0.05) is 28.1 Å². The molecule has 0 aromatic heterocycles. The summed E-state index contributed by atoms with van der Waals surface area (Å²) in [5.41, 5.74) is 8.73. The van der Waals surface area contributed by atoms with Gasteiger partial charge in [-0.15, -0.1) is 0 Å². The number of carbonyl (C=O) groups is 1. The van der Waals surface area contributed by atoms with Crippen LogP contribution in [0.3, 0.4) is 0 Å². The van der Waals surface area contributed by atoms with E-state index in [1.54, 1.807) is 31.2 Å². The van der Waals surface area contributed by atoms with E-state index in [0.29, 0.717) is 5.56 Å². The molecule has 0 saturated carbocycles. The third kappa shape index (κ3) is 3.49. The maximum atomic E-state index is 11.4. The van der Waals surface area contributed by atoms with E-state index in [1.165, 1.54) is 0 Å². The number of benzene rings is 1. The lowest BCUT2D eigenvalue weighted by Gasteiger charge is -2.06. The van der Waals surface area contributed by atoms with Gasteiger partial charge < -0.3 is 15.4 Å². The number of halogens is 1. The van der Waals surface area contributed by atoms with Gasteiger partial charge in [0.2, 0.25) is 0 Å². The van der Waals surface area contributed by atoms with Gasteiger partial charge in [-0.3, -0.25) is 0 Å². The molecule has 1 aromatic carbocycles. The van der Waals surface area contributed by atoms with Crippen LogP contribution >= 0.6 is 15.9 Å². The van der Waals surface area contributed by atoms with Gasteiger partial charge in [0.05, 0.1) is 6.61 Å². The first kappa shape index (κ1) is 13.6. The second kappa shape index (κ2) is 6.30. The highest BCUT2D eigenvalue weighted by atomic mass is 79.9. The zero-order valence-electron chi connectivity index (χ0n) is 9.13. The van der Waals surface area contributed by atoms with Gasteiger partial charge in [-0.05, 0) is 24.6 Å². The first-order valence-corrected chi connectivity index (χ1v) is 5.72. The highest BCUT2D eigenvalue weighted by molar-refractivity contribution is 9.10. The average Bonchev–Trinajstić information content (AvgIpc) is 2.30. The SMILES string of the molecule is CCOC(=O)C(=[N+]=[N-])[C@H](O)c1cccc(Br)c1. The van der Waals surface area contributed by atoms with Gasteiger partial charge in [-0.2, -0.15) is 4.79 Å². The molecule has 0 aliphatic carbocycles. The summed E-state index contributed by atoms with van der Waals surface area (Å²) in [4.78, 5) is 14.2. The lowest BCUT2D eigenvalue weighted by Crippen LogP contribution is -2.25. The van der Waals surface area contributed by atoms with E-state index in [-0.39, 0.29) is 6.61 Å². The summed E-state index contributed by atoms with van der Waals surface area (Å²) in [5, 5.41) is 9.89. The summed E-state index contributed by atoms with van der Waals surface area (Å²) in [7, 11) is 0. The Morgan fingerprint density at radius 3 is 2.88 bits per heavy atom. The molecular formula is C11H11BrN2O3. The highest BCUT2D eigenvalue weighted by Crippen LogP contribution is 2.19. The molecule has 17 heavy (non-hydrogen) atoms. The maximum absolute atomic E-state index is 11.4. The van der Waals surface area contributed by atoms with E-state index in [1.807, 2.05) is 0 Å². The Labute approximate surface area is 107 Å². The molecule has 0 aliphatic heterocycles. The molecule has 0 aliphatic rings. The van der Waals surface area contributed by atoms with E-state index in [4.69, 9.17) is 5.53 Å². The first-order chi connectivity index (χ1) is 8.10. The van der Waals surface area contributed by atoms with Crippen LogP contribution in [-0.4, -0.2) is 28.2 Å². The Kier molecular flexibility index (Phi) is 5.03. The molecule has 1 N–H and O–H groups in total. The van der Waals surface area contributed by atoms with Crippen LogP contribution in [0.1, 0.15) is 18.6 Å². The summed E-state index contributed by atoms with van der Waals surface area (Å²) >= 11 is 3.24. The Balaban J connectivity index is 2.99. The lowest BCUT2D eigenvalue weighted by atomic mass is 10.1. The number of rotatable bonds is 4. The molecule has 6 heteroatoms. The van der Waals surface area contributed by atoms with Crippen LogP contribution in [0.2, 0.25) is 0 Å². The Morgan fingerprint density at radius 1 is 1.65 bits per heavy atom. The Hall–Kier alpha value is -1.49. The van der Waals surface area contributed by atoms with Gasteiger partial charge in [0.15, 0.2) is 6.10 Å². The van der Waals surface area contributed by atoms with Gasteiger partial charge in [0, 0.05) is 4.47 Å². The van der Waals surface area contributed by atoms with Crippen molar-refractivity contribution in [3.8, 4) is 0 Å². The van der Waals surface area contributed by atoms with Crippen LogP contribution in [0.15, 0.2) is 28.7 Å². The second-order valence-corrected chi connectivity index (χ2v) is 4.08. The van der Waals surface area contributed by atoms with Crippen molar-refractivity contribution in [2.45, 2.75) is 13.0 Å². The van der Waals surface area contributed by atoms with Gasteiger partial charge in [-0.25, -0.2) is 4.79 Å². The normalized spacial score (nSPS) is 11.5. The van der Waals surface area contributed by atoms with Crippen molar-refractivity contribution in [1.29, 1.82) is 0 Å². The van der Waals surface area contributed by atoms with Crippen LogP contribution < -0.4 is 0 Å². The molecule has 0 bridgehead atoms. The van der Waals surface area contributed by atoms with Crippen LogP contribution in [0.5, 0.6) is 0 Å². The predicted molar refractivity (Wildman–Crippen MR) is 64.4 cm³/mol. The van der Waals surface area contributed by atoms with Crippen molar-refractivity contribution in [1.82, 2.24) is 0 Å². The molecule has 0 radical (unpaired) electrons. The number of esters is 1. The summed E-state index contributed by atoms with van der Waals surface area (Å²) in [5.74, 6) is -0.845. The maximum Gasteiger partial charge on any atom is 0.420 e. The van der Waals surface area contributed by atoms with Gasteiger partial charge in [0.1, 0.15) is 0 Å². The molecule has 0 amide bonds. The van der Waals surface area contributed by atoms with Crippen molar-refractivity contribution >= 4 is 27.6 Å². The van der Waals surface area contributed by atoms with Gasteiger partial charge in [0.25, 0.3) is 0 Å². The number of hydrogen-bond acceptors (Lipinski definition) is 3. The Bertz CT molecular complexity index is 470. The van der Waals surface area contributed by atoms with Crippen molar-refractivity contribution in [3.05, 3.63) is 39.8 Å². The monoisotopic (exact) mass is 298 g/mol. The van der Waals surface area contributed by atoms with Crippen LogP contribution in [-0.2, 0) is 9.53 Å². The van der Waals surface area contributed by atoms with E-state index in [2.05, 4.69) is 25.5 Å². The third-order valence-electron chi connectivity index (χ3n) is 2.02. The van der Waals surface area contributed by atoms with Crippen molar-refractivity contribution in [2.24, 2.45) is 0 Å². The first-order valence-electron chi connectivity index (χ1n) is 4.92. The van der Waals surface area contributed by atoms with E-state index in [0.717, 1.165) is 4.47 Å². The zero-order valence-corrected chi connectivity index (χ0v) is 10.7. The van der Waals surface area contributed by atoms with Crippen LogP contribution in [0, 0.1) is 0 Å². The highest BCUT2D eigenvalue weighted by Gasteiger charge is 2.32. The molecular weight excluding hydrogens is 288 g/mol. The van der Waals surface area contributed by atoms with Crippen LogP contribution in [0.4, 0.5) is 0 Å². The van der Waals surface area contributed by atoms with E-state index in [9.17, 15) is 9.90 Å². The third-order valence-corrected chi connectivity index (χ3v) is 2.51. The molecule has 90 valence electrons. The lowest BCUT2D eigenvalue weighted by molar-refractivity contribution is -0.141. The average molecular weight is 299 g/mol. The molecule has 0 unspecified atom stereocenters. The summed E-state index contributed by atoms with van der Waals surface area (Å²) < 4.78 is 5.41. The summed E-state index contributed by atoms with van der Waals surface area (Å²) in [6.45, 7) is 1.77. The molecule has 0 heterocycles. The van der Waals surface area contributed by atoms with Crippen molar-refractivity contribution < 1.29 is 19.4 Å². The number of aliphatic hydroxyl groups is 1. The number of carbonyl (C=O) groups excluding carboxylic acids is 1. The minimum atomic E-state index is -1.32. The fourth-order valence-corrected chi connectivity index (χ4v) is 1.66. The largest absolute Gasteiger partial charge is 0.457 e.